The molecule has 0 heterocycles. The number of aliphatic hydroxyl groups excluding tert-OH is 2. The Morgan fingerprint density at radius 1 is 0.828 bits per heavy atom. The van der Waals surface area contributed by atoms with E-state index in [9.17, 15) is 13.2 Å². The molecule has 0 bridgehead atoms. The highest BCUT2D eigenvalue weighted by Gasteiger charge is 2.38. The van der Waals surface area contributed by atoms with Crippen LogP contribution in [-0.2, 0) is 5.41 Å². The van der Waals surface area contributed by atoms with Crippen LogP contribution in [0, 0.1) is 5.92 Å². The Morgan fingerprint density at radius 3 is 1.62 bits per heavy atom. The summed E-state index contributed by atoms with van der Waals surface area (Å²) in [7, 11) is 0. The van der Waals surface area contributed by atoms with E-state index in [1.807, 2.05) is 45.0 Å². The molecule has 0 aliphatic rings. The van der Waals surface area contributed by atoms with Crippen LogP contribution in [0.1, 0.15) is 31.9 Å². The predicted molar refractivity (Wildman–Crippen MR) is 104 cm³/mol. The molecule has 7 heteroatoms. The summed E-state index contributed by atoms with van der Waals surface area (Å²) in [6, 6.07) is 14.4. The minimum absolute atomic E-state index is 0.0593. The van der Waals surface area contributed by atoms with E-state index in [0.717, 1.165) is 16.9 Å². The van der Waals surface area contributed by atoms with Crippen LogP contribution in [0.5, 0.6) is 11.5 Å². The van der Waals surface area contributed by atoms with E-state index in [2.05, 4.69) is 0 Å². The zero-order valence-corrected chi connectivity index (χ0v) is 16.7. The van der Waals surface area contributed by atoms with Crippen LogP contribution in [0.2, 0.25) is 0 Å². The maximum Gasteiger partial charge on any atom is 0.417 e. The molecule has 0 saturated heterocycles. The van der Waals surface area contributed by atoms with Crippen molar-refractivity contribution in [2.45, 2.75) is 38.5 Å². The minimum atomic E-state index is -4.70. The number of hydrogen-bond donors (Lipinski definition) is 2. The Morgan fingerprint density at radius 2 is 1.24 bits per heavy atom. The molecule has 2 aromatic carbocycles. The molecule has 0 fully saturated rings. The molecule has 29 heavy (non-hydrogen) atoms. The van der Waals surface area contributed by atoms with E-state index in [-0.39, 0.29) is 23.7 Å². The van der Waals surface area contributed by atoms with Crippen molar-refractivity contribution in [2.24, 2.45) is 5.92 Å². The lowest BCUT2D eigenvalue weighted by atomic mass is 9.78. The van der Waals surface area contributed by atoms with E-state index < -0.39 is 18.9 Å². The Hall–Kier alpha value is -2.25. The third-order valence-corrected chi connectivity index (χ3v) is 4.78. The molecule has 0 aliphatic heterocycles. The van der Waals surface area contributed by atoms with Crippen molar-refractivity contribution in [1.82, 2.24) is 0 Å². The van der Waals surface area contributed by atoms with Gasteiger partial charge >= 0.3 is 6.18 Å². The Labute approximate surface area is 168 Å². The largest absolute Gasteiger partial charge is 0.493 e. The quantitative estimate of drug-likeness (QED) is 0.644. The minimum Gasteiger partial charge on any atom is -0.493 e. The summed E-state index contributed by atoms with van der Waals surface area (Å²) in [6.07, 6.45) is -7.21. The number of rotatable bonds is 9. The Bertz CT molecular complexity index is 755. The van der Waals surface area contributed by atoms with Gasteiger partial charge in [0.2, 0.25) is 0 Å². The fourth-order valence-electron chi connectivity index (χ4n) is 2.66. The summed E-state index contributed by atoms with van der Waals surface area (Å²) < 4.78 is 47.7. The molecule has 2 aromatic rings. The molecule has 2 atom stereocenters. The molecule has 0 saturated carbocycles. The number of aliphatic hydroxyl groups is 2. The lowest BCUT2D eigenvalue weighted by Gasteiger charge is -2.26. The van der Waals surface area contributed by atoms with E-state index in [4.69, 9.17) is 19.7 Å². The summed E-state index contributed by atoms with van der Waals surface area (Å²) >= 11 is 0. The van der Waals surface area contributed by atoms with Gasteiger partial charge in [0.15, 0.2) is 6.10 Å². The second kappa shape index (κ2) is 9.50. The number of benzene rings is 2. The van der Waals surface area contributed by atoms with Crippen molar-refractivity contribution in [2.75, 3.05) is 19.8 Å². The Kier molecular flexibility index (Phi) is 7.54. The van der Waals surface area contributed by atoms with Crippen molar-refractivity contribution in [3.8, 4) is 11.5 Å². The van der Waals surface area contributed by atoms with E-state index in [1.54, 1.807) is 24.3 Å². The van der Waals surface area contributed by atoms with Gasteiger partial charge in [-0.2, -0.15) is 13.2 Å². The van der Waals surface area contributed by atoms with Crippen LogP contribution in [0.4, 0.5) is 13.2 Å². The van der Waals surface area contributed by atoms with E-state index in [1.165, 1.54) is 0 Å². The smallest absolute Gasteiger partial charge is 0.417 e. The summed E-state index contributed by atoms with van der Waals surface area (Å²) in [4.78, 5) is 0. The highest BCUT2D eigenvalue weighted by molar-refractivity contribution is 5.41. The maximum absolute atomic E-state index is 12.3. The van der Waals surface area contributed by atoms with Crippen molar-refractivity contribution < 1.29 is 32.9 Å². The molecule has 2 N–H and O–H groups in total. The van der Waals surface area contributed by atoms with Crippen LogP contribution in [0.3, 0.4) is 0 Å². The fraction of sp³-hybridized carbons (Fsp3) is 0.455. The van der Waals surface area contributed by atoms with Gasteiger partial charge in [0.25, 0.3) is 0 Å². The lowest BCUT2D eigenvalue weighted by Crippen LogP contribution is -2.34. The molecule has 0 aromatic heterocycles. The number of halogens is 3. The molecule has 0 radical (unpaired) electrons. The SMILES string of the molecule is CC(CO)COc1ccc(C(C)(C)c2ccc(OCC(O)C(F)(F)F)cc2)cc1. The molecule has 4 nitrogen and oxygen atoms in total. The van der Waals surface area contributed by atoms with E-state index >= 15 is 0 Å². The predicted octanol–water partition coefficient (Wildman–Crippen LogP) is 4.32. The maximum atomic E-state index is 12.3. The van der Waals surface area contributed by atoms with Crippen molar-refractivity contribution >= 4 is 0 Å². The third-order valence-electron chi connectivity index (χ3n) is 4.78. The molecule has 2 unspecified atom stereocenters. The lowest BCUT2D eigenvalue weighted by molar-refractivity contribution is -0.210. The molecule has 0 spiro atoms. The average Bonchev–Trinajstić information content (AvgIpc) is 2.70. The summed E-state index contributed by atoms with van der Waals surface area (Å²) in [6.45, 7) is 5.64. The van der Waals surface area contributed by atoms with Crippen LogP contribution >= 0.6 is 0 Å². The third kappa shape index (κ3) is 6.37. The van der Waals surface area contributed by atoms with Crippen LogP contribution in [-0.4, -0.2) is 42.3 Å². The van der Waals surface area contributed by atoms with Crippen LogP contribution in [0.15, 0.2) is 48.5 Å². The van der Waals surface area contributed by atoms with Crippen LogP contribution < -0.4 is 9.47 Å². The number of hydrogen-bond acceptors (Lipinski definition) is 4. The summed E-state index contributed by atoms with van der Waals surface area (Å²) in [5.41, 5.74) is 1.66. The first-order valence-electron chi connectivity index (χ1n) is 9.36. The van der Waals surface area contributed by atoms with Gasteiger partial charge in [-0.15, -0.1) is 0 Å². The first-order chi connectivity index (χ1) is 13.5. The molecule has 160 valence electrons. The fourth-order valence-corrected chi connectivity index (χ4v) is 2.66. The zero-order valence-electron chi connectivity index (χ0n) is 16.7. The topological polar surface area (TPSA) is 58.9 Å². The average molecular weight is 412 g/mol. The Balaban J connectivity index is 2.03. The summed E-state index contributed by atoms with van der Waals surface area (Å²) in [5, 5.41) is 18.1. The first-order valence-corrected chi connectivity index (χ1v) is 9.36. The molecular formula is C22H27F3O4. The van der Waals surface area contributed by atoms with Crippen molar-refractivity contribution in [3.63, 3.8) is 0 Å². The second-order valence-electron chi connectivity index (χ2n) is 7.64. The molecule has 2 rings (SSSR count). The van der Waals surface area contributed by atoms with Gasteiger partial charge < -0.3 is 19.7 Å². The van der Waals surface area contributed by atoms with Crippen molar-refractivity contribution in [3.05, 3.63) is 59.7 Å². The van der Waals surface area contributed by atoms with Gasteiger partial charge in [0.1, 0.15) is 18.1 Å². The highest BCUT2D eigenvalue weighted by Crippen LogP contribution is 2.33. The molecule has 0 aliphatic carbocycles. The van der Waals surface area contributed by atoms with Gasteiger partial charge in [-0.3, -0.25) is 0 Å². The van der Waals surface area contributed by atoms with Gasteiger partial charge in [0, 0.05) is 17.9 Å². The first kappa shape index (κ1) is 23.0. The molecule has 0 amide bonds. The van der Waals surface area contributed by atoms with Gasteiger partial charge in [-0.25, -0.2) is 0 Å². The van der Waals surface area contributed by atoms with Gasteiger partial charge in [-0.05, 0) is 35.4 Å². The highest BCUT2D eigenvalue weighted by atomic mass is 19.4. The van der Waals surface area contributed by atoms with E-state index in [0.29, 0.717) is 6.61 Å². The molecular weight excluding hydrogens is 385 g/mol. The second-order valence-corrected chi connectivity index (χ2v) is 7.64. The zero-order chi connectivity index (χ0) is 21.7. The van der Waals surface area contributed by atoms with Gasteiger partial charge in [0.05, 0.1) is 6.61 Å². The van der Waals surface area contributed by atoms with Gasteiger partial charge in [-0.1, -0.05) is 45.0 Å². The number of ether oxygens (including phenoxy) is 2. The van der Waals surface area contributed by atoms with Crippen molar-refractivity contribution in [1.29, 1.82) is 0 Å². The summed E-state index contributed by atoms with van der Waals surface area (Å²) in [5.74, 6) is 1.04. The number of alkyl halides is 3. The standard InChI is InChI=1S/C22H27F3O4/c1-15(12-26)13-28-18-8-4-16(5-9-18)21(2,3)17-6-10-19(11-7-17)29-14-20(27)22(23,24)25/h4-11,15,20,26-27H,12-14H2,1-3H3. The monoisotopic (exact) mass is 412 g/mol. The normalized spacial score (nSPS) is 14.3. The van der Waals surface area contributed by atoms with Crippen LogP contribution in [0.25, 0.3) is 0 Å².